The van der Waals surface area contributed by atoms with Gasteiger partial charge in [0.2, 0.25) is 0 Å². The fraction of sp³-hybridized carbons (Fsp3) is 0.0833. The largest absolute Gasteiger partial charge is 0.496 e. The van der Waals surface area contributed by atoms with Gasteiger partial charge in [0.05, 0.1) is 23.9 Å². The van der Waals surface area contributed by atoms with Gasteiger partial charge in [0, 0.05) is 28.4 Å². The van der Waals surface area contributed by atoms with Crippen molar-refractivity contribution in [1.82, 2.24) is 19.6 Å². The van der Waals surface area contributed by atoms with Crippen LogP contribution in [0.1, 0.15) is 11.1 Å². The zero-order valence-electron chi connectivity index (χ0n) is 17.9. The number of benzene rings is 2. The predicted octanol–water partition coefficient (Wildman–Crippen LogP) is 3.89. The number of hydrogen-bond acceptors (Lipinski definition) is 6. The number of aromatic amines is 2. The topological polar surface area (TPSA) is 105 Å². The first-order valence-corrected chi connectivity index (χ1v) is 11.2. The van der Waals surface area contributed by atoms with E-state index < -0.39 is 17.1 Å². The smallest absolute Gasteiger partial charge is 0.350 e. The number of thioether (sulfide) groups is 1. The van der Waals surface area contributed by atoms with E-state index in [2.05, 4.69) is 20.1 Å². The van der Waals surface area contributed by atoms with E-state index in [9.17, 15) is 14.0 Å². The summed E-state index contributed by atoms with van der Waals surface area (Å²) in [5.41, 5.74) is 1.16. The molecule has 2 N–H and O–H groups in total. The molecule has 0 aliphatic rings. The number of aromatic nitrogens is 4. The Morgan fingerprint density at radius 3 is 2.79 bits per heavy atom. The predicted molar refractivity (Wildman–Crippen MR) is 130 cm³/mol. The third-order valence-corrected chi connectivity index (χ3v) is 6.22. The normalized spacial score (nSPS) is 11.6. The number of ether oxygens (including phenoxy) is 1. The maximum atomic E-state index is 13.6. The standard InChI is InChI=1S/C24H18FN5O3S/c1-33-19-8-5-14(10-15(19)13-34-20-4-2-3-9-26-20)12-27-30-23(31)22-21(29-24(30)32)17-11-16(25)6-7-18(17)28-22/h2-12,28H,13H2,1H3,(H,29,32). The van der Waals surface area contributed by atoms with E-state index in [1.165, 1.54) is 24.4 Å². The zero-order valence-corrected chi connectivity index (χ0v) is 18.7. The van der Waals surface area contributed by atoms with Crippen LogP contribution in [0, 0.1) is 5.82 Å². The molecule has 5 aromatic rings. The summed E-state index contributed by atoms with van der Waals surface area (Å²) in [5.74, 6) is 0.857. The van der Waals surface area contributed by atoms with Gasteiger partial charge in [-0.1, -0.05) is 6.07 Å². The second kappa shape index (κ2) is 8.99. The van der Waals surface area contributed by atoms with Crippen LogP contribution in [0.15, 0.2) is 80.5 Å². The first-order valence-electron chi connectivity index (χ1n) is 10.2. The number of pyridine rings is 1. The van der Waals surface area contributed by atoms with Crippen LogP contribution in [0.4, 0.5) is 4.39 Å². The molecule has 8 nitrogen and oxygen atoms in total. The summed E-state index contributed by atoms with van der Waals surface area (Å²) >= 11 is 1.56. The van der Waals surface area contributed by atoms with E-state index in [1.807, 2.05) is 24.3 Å². The Labute approximate surface area is 196 Å². The minimum Gasteiger partial charge on any atom is -0.496 e. The van der Waals surface area contributed by atoms with Gasteiger partial charge in [-0.3, -0.25) is 4.79 Å². The Hall–Kier alpha value is -4.18. The second-order valence-electron chi connectivity index (χ2n) is 7.38. The van der Waals surface area contributed by atoms with Crippen molar-refractivity contribution >= 4 is 39.9 Å². The lowest BCUT2D eigenvalue weighted by molar-refractivity contribution is 0.411. The van der Waals surface area contributed by atoms with E-state index in [0.29, 0.717) is 28.0 Å². The van der Waals surface area contributed by atoms with Crippen LogP contribution >= 0.6 is 11.8 Å². The van der Waals surface area contributed by atoms with Crippen LogP contribution in [0.2, 0.25) is 0 Å². The highest BCUT2D eigenvalue weighted by atomic mass is 32.2. The maximum Gasteiger partial charge on any atom is 0.350 e. The summed E-state index contributed by atoms with van der Waals surface area (Å²) in [7, 11) is 1.60. The van der Waals surface area contributed by atoms with Gasteiger partial charge in [-0.25, -0.2) is 14.2 Å². The molecule has 0 bridgehead atoms. The minimum atomic E-state index is -0.724. The molecule has 0 unspecified atom stereocenters. The Morgan fingerprint density at radius 2 is 2.00 bits per heavy atom. The summed E-state index contributed by atoms with van der Waals surface area (Å²) in [4.78, 5) is 35.4. The Kier molecular flexibility index (Phi) is 5.72. The lowest BCUT2D eigenvalue weighted by atomic mass is 10.1. The van der Waals surface area contributed by atoms with Crippen LogP contribution in [0.25, 0.3) is 21.9 Å². The van der Waals surface area contributed by atoms with E-state index in [1.54, 1.807) is 37.2 Å². The molecule has 0 aliphatic heterocycles. The Balaban J connectivity index is 1.49. The molecule has 0 radical (unpaired) electrons. The highest BCUT2D eigenvalue weighted by Gasteiger charge is 2.13. The van der Waals surface area contributed by atoms with Crippen molar-refractivity contribution in [3.63, 3.8) is 0 Å². The van der Waals surface area contributed by atoms with Crippen molar-refractivity contribution in [3.05, 3.63) is 98.6 Å². The number of hydrogen-bond donors (Lipinski definition) is 2. The first-order chi connectivity index (χ1) is 16.5. The van der Waals surface area contributed by atoms with Crippen molar-refractivity contribution in [2.45, 2.75) is 10.8 Å². The fourth-order valence-corrected chi connectivity index (χ4v) is 4.46. The maximum absolute atomic E-state index is 13.6. The second-order valence-corrected chi connectivity index (χ2v) is 8.38. The molecule has 3 heterocycles. The molecule has 3 aromatic heterocycles. The number of methoxy groups -OCH3 is 1. The Bertz CT molecular complexity index is 1660. The molecule has 0 fully saturated rings. The van der Waals surface area contributed by atoms with Gasteiger partial charge in [-0.2, -0.15) is 5.10 Å². The molecule has 5 rings (SSSR count). The molecule has 0 amide bonds. The van der Waals surface area contributed by atoms with Gasteiger partial charge in [0.15, 0.2) is 0 Å². The van der Waals surface area contributed by atoms with Crippen molar-refractivity contribution in [3.8, 4) is 5.75 Å². The number of halogens is 1. The molecule has 2 aromatic carbocycles. The van der Waals surface area contributed by atoms with E-state index in [4.69, 9.17) is 4.74 Å². The summed E-state index contributed by atoms with van der Waals surface area (Å²) < 4.78 is 19.8. The average Bonchev–Trinajstić information content (AvgIpc) is 3.21. The number of H-pyrrole nitrogens is 2. The molecule has 0 saturated heterocycles. The third kappa shape index (κ3) is 4.11. The third-order valence-electron chi connectivity index (χ3n) is 5.23. The minimum absolute atomic E-state index is 0.138. The van der Waals surface area contributed by atoms with Crippen LogP contribution < -0.4 is 16.0 Å². The lowest BCUT2D eigenvalue weighted by Crippen LogP contribution is -2.32. The van der Waals surface area contributed by atoms with Gasteiger partial charge in [-0.15, -0.1) is 16.4 Å². The molecular formula is C24H18FN5O3S. The van der Waals surface area contributed by atoms with Crippen LogP contribution in [-0.4, -0.2) is 33.0 Å². The van der Waals surface area contributed by atoms with Crippen molar-refractivity contribution < 1.29 is 9.13 Å². The van der Waals surface area contributed by atoms with E-state index in [-0.39, 0.29) is 11.0 Å². The summed E-state index contributed by atoms with van der Waals surface area (Å²) in [6, 6.07) is 15.2. The quantitative estimate of drug-likeness (QED) is 0.286. The molecule has 10 heteroatoms. The molecular weight excluding hydrogens is 457 g/mol. The van der Waals surface area contributed by atoms with Gasteiger partial charge in [0.25, 0.3) is 0 Å². The number of rotatable bonds is 6. The van der Waals surface area contributed by atoms with E-state index in [0.717, 1.165) is 15.3 Å². The first kappa shape index (κ1) is 21.7. The highest BCUT2D eigenvalue weighted by molar-refractivity contribution is 7.98. The molecule has 0 atom stereocenters. The van der Waals surface area contributed by atoms with E-state index >= 15 is 0 Å². The monoisotopic (exact) mass is 475 g/mol. The Morgan fingerprint density at radius 1 is 1.12 bits per heavy atom. The van der Waals surface area contributed by atoms with Crippen LogP contribution in [0.5, 0.6) is 5.75 Å². The number of nitrogens with one attached hydrogen (secondary N) is 2. The molecule has 0 spiro atoms. The lowest BCUT2D eigenvalue weighted by Gasteiger charge is -2.09. The van der Waals surface area contributed by atoms with Gasteiger partial charge < -0.3 is 14.7 Å². The number of fused-ring (bicyclic) bond motifs is 3. The summed E-state index contributed by atoms with van der Waals surface area (Å²) in [6.07, 6.45) is 3.16. The summed E-state index contributed by atoms with van der Waals surface area (Å²) in [5, 5.41) is 5.41. The number of nitrogens with zero attached hydrogens (tertiary/aromatic N) is 3. The average molecular weight is 476 g/mol. The highest BCUT2D eigenvalue weighted by Crippen LogP contribution is 2.27. The van der Waals surface area contributed by atoms with Crippen LogP contribution in [0.3, 0.4) is 0 Å². The molecule has 0 saturated carbocycles. The van der Waals surface area contributed by atoms with Gasteiger partial charge in [-0.05, 0) is 54.1 Å². The molecule has 34 heavy (non-hydrogen) atoms. The molecule has 0 aliphatic carbocycles. The van der Waals surface area contributed by atoms with Crippen LogP contribution in [-0.2, 0) is 5.75 Å². The van der Waals surface area contributed by atoms with Crippen molar-refractivity contribution in [2.75, 3.05) is 7.11 Å². The van der Waals surface area contributed by atoms with Gasteiger partial charge >= 0.3 is 11.2 Å². The molecule has 170 valence electrons. The van der Waals surface area contributed by atoms with Gasteiger partial charge in [0.1, 0.15) is 17.1 Å². The fourth-order valence-electron chi connectivity index (χ4n) is 3.62. The van der Waals surface area contributed by atoms with Crippen molar-refractivity contribution in [1.29, 1.82) is 0 Å². The van der Waals surface area contributed by atoms with Crippen molar-refractivity contribution in [2.24, 2.45) is 5.10 Å². The summed E-state index contributed by atoms with van der Waals surface area (Å²) in [6.45, 7) is 0. The zero-order chi connectivity index (χ0) is 23.7. The SMILES string of the molecule is COc1ccc(C=Nn2c(=O)[nH]c3c([nH]c4ccc(F)cc43)c2=O)cc1CSc1ccccn1.